The average molecular weight is 310 g/mol. The highest BCUT2D eigenvalue weighted by Crippen LogP contribution is 2.12. The summed E-state index contributed by atoms with van der Waals surface area (Å²) in [4.78, 5) is 13.8. The molecule has 0 radical (unpaired) electrons. The summed E-state index contributed by atoms with van der Waals surface area (Å²) in [5.41, 5.74) is 1.12. The second kappa shape index (κ2) is 7.04. The first kappa shape index (κ1) is 16.0. The zero-order chi connectivity index (χ0) is 15.3. The van der Waals surface area contributed by atoms with Crippen molar-refractivity contribution < 1.29 is 13.2 Å². The van der Waals surface area contributed by atoms with E-state index in [9.17, 15) is 13.2 Å². The van der Waals surface area contributed by atoms with E-state index in [4.69, 9.17) is 0 Å². The SMILES string of the molecule is CCCc1ccc(S(=O)(=O)NCC(=O)N2CCCC2)cc1. The molecule has 1 N–H and O–H groups in total. The van der Waals surface area contributed by atoms with Crippen LogP contribution < -0.4 is 4.72 Å². The lowest BCUT2D eigenvalue weighted by Crippen LogP contribution is -2.38. The van der Waals surface area contributed by atoms with Gasteiger partial charge in [-0.3, -0.25) is 4.79 Å². The molecule has 1 amide bonds. The lowest BCUT2D eigenvalue weighted by molar-refractivity contribution is -0.128. The van der Waals surface area contributed by atoms with E-state index in [0.717, 1.165) is 44.3 Å². The summed E-state index contributed by atoms with van der Waals surface area (Å²) in [7, 11) is -3.61. The first-order chi connectivity index (χ1) is 10.0. The van der Waals surface area contributed by atoms with Crippen molar-refractivity contribution in [1.82, 2.24) is 9.62 Å². The number of hydrogen-bond donors (Lipinski definition) is 1. The molecule has 1 saturated heterocycles. The van der Waals surface area contributed by atoms with Crippen LogP contribution in [0.15, 0.2) is 29.2 Å². The Balaban J connectivity index is 1.95. The Hall–Kier alpha value is -1.40. The van der Waals surface area contributed by atoms with Crippen molar-refractivity contribution in [3.8, 4) is 0 Å². The van der Waals surface area contributed by atoms with Gasteiger partial charge in [0.1, 0.15) is 0 Å². The van der Waals surface area contributed by atoms with Crippen LogP contribution in [0, 0.1) is 0 Å². The molecule has 5 nitrogen and oxygen atoms in total. The van der Waals surface area contributed by atoms with Crippen LogP contribution in [0.3, 0.4) is 0 Å². The first-order valence-corrected chi connectivity index (χ1v) is 8.87. The third kappa shape index (κ3) is 4.28. The van der Waals surface area contributed by atoms with E-state index >= 15 is 0 Å². The van der Waals surface area contributed by atoms with Crippen molar-refractivity contribution in [2.75, 3.05) is 19.6 Å². The number of aryl methyl sites for hydroxylation is 1. The minimum absolute atomic E-state index is 0.154. The van der Waals surface area contributed by atoms with E-state index in [1.165, 1.54) is 0 Å². The van der Waals surface area contributed by atoms with E-state index in [-0.39, 0.29) is 17.3 Å². The molecule has 1 fully saturated rings. The monoisotopic (exact) mass is 310 g/mol. The molecule has 0 saturated carbocycles. The molecule has 116 valence electrons. The Bertz CT molecular complexity index is 575. The third-order valence-corrected chi connectivity index (χ3v) is 5.06. The van der Waals surface area contributed by atoms with Crippen LogP contribution in [-0.4, -0.2) is 38.9 Å². The smallest absolute Gasteiger partial charge is 0.241 e. The van der Waals surface area contributed by atoms with Gasteiger partial charge in [-0.15, -0.1) is 0 Å². The Labute approximate surface area is 126 Å². The number of amides is 1. The Kier molecular flexibility index (Phi) is 5.36. The molecule has 0 aliphatic carbocycles. The van der Waals surface area contributed by atoms with Crippen molar-refractivity contribution in [3.05, 3.63) is 29.8 Å². The summed E-state index contributed by atoms with van der Waals surface area (Å²) in [6, 6.07) is 6.82. The minimum Gasteiger partial charge on any atom is -0.342 e. The molecule has 0 aromatic heterocycles. The molecule has 1 aromatic carbocycles. The number of nitrogens with zero attached hydrogens (tertiary/aromatic N) is 1. The fourth-order valence-electron chi connectivity index (χ4n) is 2.44. The molecule has 0 atom stereocenters. The fraction of sp³-hybridized carbons (Fsp3) is 0.533. The predicted octanol–water partition coefficient (Wildman–Crippen LogP) is 1.54. The van der Waals surface area contributed by atoms with Crippen molar-refractivity contribution in [3.63, 3.8) is 0 Å². The quantitative estimate of drug-likeness (QED) is 0.866. The number of carbonyl (C=O) groups excluding carboxylic acids is 1. The van der Waals surface area contributed by atoms with Gasteiger partial charge in [0.15, 0.2) is 0 Å². The van der Waals surface area contributed by atoms with E-state index in [1.807, 2.05) is 12.1 Å². The maximum absolute atomic E-state index is 12.1. The van der Waals surface area contributed by atoms with Crippen LogP contribution in [0.5, 0.6) is 0 Å². The number of sulfonamides is 1. The summed E-state index contributed by atoms with van der Waals surface area (Å²) in [6.07, 6.45) is 3.95. The van der Waals surface area contributed by atoms with Crippen LogP contribution in [0.1, 0.15) is 31.7 Å². The van der Waals surface area contributed by atoms with Crippen molar-refractivity contribution in [2.45, 2.75) is 37.5 Å². The molecule has 6 heteroatoms. The third-order valence-electron chi connectivity index (χ3n) is 3.64. The highest BCUT2D eigenvalue weighted by Gasteiger charge is 2.20. The van der Waals surface area contributed by atoms with E-state index < -0.39 is 10.0 Å². The molecular weight excluding hydrogens is 288 g/mol. The van der Waals surface area contributed by atoms with Crippen LogP contribution in [0.2, 0.25) is 0 Å². The Morgan fingerprint density at radius 2 is 1.81 bits per heavy atom. The van der Waals surface area contributed by atoms with Gasteiger partial charge in [0.2, 0.25) is 15.9 Å². The second-order valence-electron chi connectivity index (χ2n) is 5.31. The van der Waals surface area contributed by atoms with Gasteiger partial charge >= 0.3 is 0 Å². The van der Waals surface area contributed by atoms with E-state index in [1.54, 1.807) is 17.0 Å². The molecule has 0 bridgehead atoms. The number of likely N-dealkylation sites (tertiary alicyclic amines) is 1. The predicted molar refractivity (Wildman–Crippen MR) is 81.4 cm³/mol. The van der Waals surface area contributed by atoms with Gasteiger partial charge in [0, 0.05) is 13.1 Å². The summed E-state index contributed by atoms with van der Waals surface area (Å²) < 4.78 is 26.7. The molecule has 1 aliphatic rings. The maximum Gasteiger partial charge on any atom is 0.241 e. The van der Waals surface area contributed by atoms with Crippen molar-refractivity contribution in [1.29, 1.82) is 0 Å². The van der Waals surface area contributed by atoms with Gasteiger partial charge in [-0.05, 0) is 37.0 Å². The maximum atomic E-state index is 12.1. The topological polar surface area (TPSA) is 66.5 Å². The second-order valence-corrected chi connectivity index (χ2v) is 7.07. The first-order valence-electron chi connectivity index (χ1n) is 7.39. The zero-order valence-corrected chi connectivity index (χ0v) is 13.2. The van der Waals surface area contributed by atoms with Crippen LogP contribution in [-0.2, 0) is 21.2 Å². The summed E-state index contributed by atoms with van der Waals surface area (Å²) >= 11 is 0. The molecule has 0 spiro atoms. The van der Waals surface area contributed by atoms with E-state index in [2.05, 4.69) is 11.6 Å². The molecule has 2 rings (SSSR count). The Morgan fingerprint density at radius 3 is 2.38 bits per heavy atom. The molecule has 1 aromatic rings. The number of nitrogens with one attached hydrogen (secondary N) is 1. The minimum atomic E-state index is -3.61. The highest BCUT2D eigenvalue weighted by atomic mass is 32.2. The summed E-state index contributed by atoms with van der Waals surface area (Å²) in [6.45, 7) is 3.37. The number of carbonyl (C=O) groups is 1. The van der Waals surface area contributed by atoms with Gasteiger partial charge in [0.05, 0.1) is 11.4 Å². The standard InChI is InChI=1S/C15H22N2O3S/c1-2-5-13-6-8-14(9-7-13)21(19,20)16-12-15(18)17-10-3-4-11-17/h6-9,16H,2-5,10-12H2,1H3. The average Bonchev–Trinajstić information content (AvgIpc) is 3.00. The normalized spacial score (nSPS) is 15.4. The Morgan fingerprint density at radius 1 is 1.19 bits per heavy atom. The summed E-state index contributed by atoms with van der Waals surface area (Å²) in [5.74, 6) is -0.154. The van der Waals surface area contributed by atoms with Crippen molar-refractivity contribution in [2.24, 2.45) is 0 Å². The van der Waals surface area contributed by atoms with Crippen LogP contribution in [0.4, 0.5) is 0 Å². The molecule has 0 unspecified atom stereocenters. The van der Waals surface area contributed by atoms with Gasteiger partial charge in [-0.1, -0.05) is 25.5 Å². The van der Waals surface area contributed by atoms with Gasteiger partial charge in [-0.2, -0.15) is 0 Å². The number of benzene rings is 1. The largest absolute Gasteiger partial charge is 0.342 e. The van der Waals surface area contributed by atoms with Gasteiger partial charge < -0.3 is 4.90 Å². The lowest BCUT2D eigenvalue weighted by atomic mass is 10.1. The lowest BCUT2D eigenvalue weighted by Gasteiger charge is -2.15. The number of hydrogen-bond acceptors (Lipinski definition) is 3. The van der Waals surface area contributed by atoms with Crippen LogP contribution >= 0.6 is 0 Å². The highest BCUT2D eigenvalue weighted by molar-refractivity contribution is 7.89. The zero-order valence-electron chi connectivity index (χ0n) is 12.3. The van der Waals surface area contributed by atoms with E-state index in [0.29, 0.717) is 0 Å². The fourth-order valence-corrected chi connectivity index (χ4v) is 3.42. The molecule has 1 aliphatic heterocycles. The number of rotatable bonds is 6. The van der Waals surface area contributed by atoms with Crippen LogP contribution in [0.25, 0.3) is 0 Å². The van der Waals surface area contributed by atoms with Gasteiger partial charge in [-0.25, -0.2) is 13.1 Å². The summed E-state index contributed by atoms with van der Waals surface area (Å²) in [5, 5.41) is 0. The molecule has 21 heavy (non-hydrogen) atoms. The van der Waals surface area contributed by atoms with Crippen molar-refractivity contribution >= 4 is 15.9 Å². The molecule has 1 heterocycles. The van der Waals surface area contributed by atoms with Gasteiger partial charge in [0.25, 0.3) is 0 Å². The molecular formula is C15H22N2O3S.